The third-order valence-corrected chi connectivity index (χ3v) is 2.73. The van der Waals surface area contributed by atoms with Crippen molar-refractivity contribution in [1.29, 1.82) is 5.53 Å². The van der Waals surface area contributed by atoms with E-state index in [1.165, 1.54) is 17.2 Å². The van der Waals surface area contributed by atoms with E-state index in [0.29, 0.717) is 11.2 Å². The van der Waals surface area contributed by atoms with Gasteiger partial charge < -0.3 is 15.6 Å². The SMILES string of the molecule is N=[N+]=NC[C@@H](O[C@H](CO)CF)n1cnc2c(N)ncnc21. The zero-order valence-electron chi connectivity index (χ0n) is 10.9. The van der Waals surface area contributed by atoms with Crippen LogP contribution in [0, 0.1) is 5.53 Å². The van der Waals surface area contributed by atoms with Crippen molar-refractivity contribution in [2.45, 2.75) is 12.3 Å². The number of nitrogens with one attached hydrogen (secondary N) is 1. The van der Waals surface area contributed by atoms with Crippen LogP contribution >= 0.6 is 0 Å². The van der Waals surface area contributed by atoms with Gasteiger partial charge in [0.05, 0.1) is 12.9 Å². The summed E-state index contributed by atoms with van der Waals surface area (Å²) >= 11 is 0. The van der Waals surface area contributed by atoms with E-state index in [1.807, 2.05) is 0 Å². The summed E-state index contributed by atoms with van der Waals surface area (Å²) in [5.74, 6) is 0.198. The molecule has 0 radical (unpaired) electrons. The van der Waals surface area contributed by atoms with Gasteiger partial charge in [-0.15, -0.1) is 0 Å². The standard InChI is InChI=1S/C10H14FN8O2/c11-1-6(3-20)21-7(2-17-18-13)19-5-16-8-9(12)14-4-15-10(8)19/h4-7,13,20H,1-3H2,(H2,12,14,15)/q+1/t6-,7+/m0/s1. The molecule has 0 unspecified atom stereocenters. The van der Waals surface area contributed by atoms with E-state index in [9.17, 15) is 4.39 Å². The molecule has 0 saturated heterocycles. The van der Waals surface area contributed by atoms with E-state index in [2.05, 4.69) is 25.0 Å². The molecule has 112 valence electrons. The number of ether oxygens (including phenoxy) is 1. The average Bonchev–Trinajstić information content (AvgIpc) is 2.93. The van der Waals surface area contributed by atoms with Crippen LogP contribution in [0.4, 0.5) is 10.2 Å². The Morgan fingerprint density at radius 1 is 1.52 bits per heavy atom. The fourth-order valence-electron chi connectivity index (χ4n) is 1.74. The van der Waals surface area contributed by atoms with E-state index < -0.39 is 25.6 Å². The zero-order chi connectivity index (χ0) is 15.2. The molecule has 0 amide bonds. The first-order valence-corrected chi connectivity index (χ1v) is 5.99. The number of halogens is 1. The molecule has 2 aromatic heterocycles. The highest BCUT2D eigenvalue weighted by atomic mass is 19.1. The second kappa shape index (κ2) is 6.79. The second-order valence-electron chi connectivity index (χ2n) is 4.06. The van der Waals surface area contributed by atoms with Crippen molar-refractivity contribution in [1.82, 2.24) is 24.4 Å². The highest BCUT2D eigenvalue weighted by molar-refractivity contribution is 5.81. The molecule has 10 nitrogen and oxygen atoms in total. The van der Waals surface area contributed by atoms with Crippen LogP contribution in [0.15, 0.2) is 17.8 Å². The minimum atomic E-state index is -1.02. The summed E-state index contributed by atoms with van der Waals surface area (Å²) in [4.78, 5) is 14.8. The summed E-state index contributed by atoms with van der Waals surface area (Å²) in [5, 5.41) is 12.5. The van der Waals surface area contributed by atoms with Gasteiger partial charge in [-0.05, 0) is 0 Å². The largest absolute Gasteiger partial charge is 0.394 e. The summed E-state index contributed by atoms with van der Waals surface area (Å²) < 4.78 is 19.6. The van der Waals surface area contributed by atoms with Gasteiger partial charge in [0, 0.05) is 0 Å². The molecule has 0 aliphatic rings. The lowest BCUT2D eigenvalue weighted by molar-refractivity contribution is -0.0769. The molecule has 0 aliphatic heterocycles. The van der Waals surface area contributed by atoms with Crippen molar-refractivity contribution in [3.63, 3.8) is 0 Å². The molecule has 0 fully saturated rings. The molecule has 0 spiro atoms. The Labute approximate surface area is 118 Å². The summed E-state index contributed by atoms with van der Waals surface area (Å²) in [6, 6.07) is 0. The van der Waals surface area contributed by atoms with Crippen molar-refractivity contribution in [2.24, 2.45) is 5.11 Å². The van der Waals surface area contributed by atoms with Crippen LogP contribution in [-0.2, 0) is 4.74 Å². The van der Waals surface area contributed by atoms with Gasteiger partial charge in [-0.2, -0.15) is 0 Å². The van der Waals surface area contributed by atoms with Gasteiger partial charge in [0.15, 0.2) is 24.2 Å². The lowest BCUT2D eigenvalue weighted by Crippen LogP contribution is -2.27. The summed E-state index contributed by atoms with van der Waals surface area (Å²) in [5.41, 5.74) is 13.1. The molecule has 2 atom stereocenters. The minimum absolute atomic E-state index is 0.0602. The number of nitrogens with zero attached hydrogens (tertiary/aromatic N) is 6. The summed E-state index contributed by atoms with van der Waals surface area (Å²) in [7, 11) is 0. The highest BCUT2D eigenvalue weighted by Crippen LogP contribution is 2.21. The Morgan fingerprint density at radius 3 is 3.00 bits per heavy atom. The number of hydrogen-bond donors (Lipinski definition) is 3. The maximum Gasteiger partial charge on any atom is 0.214 e. The van der Waals surface area contributed by atoms with Crippen LogP contribution < -0.4 is 10.6 Å². The van der Waals surface area contributed by atoms with E-state index >= 15 is 0 Å². The van der Waals surface area contributed by atoms with E-state index in [1.54, 1.807) is 0 Å². The molecule has 0 saturated carbocycles. The Morgan fingerprint density at radius 2 is 2.33 bits per heavy atom. The van der Waals surface area contributed by atoms with Crippen LogP contribution in [-0.4, -0.2) is 50.6 Å². The number of fused-ring (bicyclic) bond motifs is 1. The molecule has 2 rings (SSSR count). The third kappa shape index (κ3) is 3.16. The Balaban J connectivity index is 2.38. The monoisotopic (exact) mass is 297 g/mol. The van der Waals surface area contributed by atoms with E-state index in [0.717, 1.165) is 0 Å². The quantitative estimate of drug-likeness (QED) is 0.476. The van der Waals surface area contributed by atoms with E-state index in [-0.39, 0.29) is 12.4 Å². The Bertz CT molecular complexity index is 652. The molecule has 2 aromatic rings. The molecule has 2 heterocycles. The number of aliphatic hydroxyl groups excluding tert-OH is 1. The minimum Gasteiger partial charge on any atom is -0.394 e. The summed E-state index contributed by atoms with van der Waals surface area (Å²) in [6.45, 7) is -1.42. The van der Waals surface area contributed by atoms with E-state index in [4.69, 9.17) is 21.1 Å². The van der Waals surface area contributed by atoms with Gasteiger partial charge in [0.25, 0.3) is 0 Å². The first kappa shape index (κ1) is 14.9. The number of nitrogen functional groups attached to an aromatic ring is 1. The molecule has 4 N–H and O–H groups in total. The molecule has 0 bridgehead atoms. The Hall–Kier alpha value is -2.49. The van der Waals surface area contributed by atoms with Crippen molar-refractivity contribution >= 4 is 17.0 Å². The predicted molar refractivity (Wildman–Crippen MR) is 68.9 cm³/mol. The number of rotatable bonds is 7. The van der Waals surface area contributed by atoms with Gasteiger partial charge >= 0.3 is 0 Å². The maximum atomic E-state index is 12.7. The molecular weight excluding hydrogens is 283 g/mol. The molecule has 21 heavy (non-hydrogen) atoms. The van der Waals surface area contributed by atoms with Crippen LogP contribution in [0.25, 0.3) is 11.2 Å². The van der Waals surface area contributed by atoms with Gasteiger partial charge in [-0.3, -0.25) is 4.57 Å². The maximum absolute atomic E-state index is 12.7. The first-order chi connectivity index (χ1) is 10.2. The lowest BCUT2D eigenvalue weighted by atomic mass is 10.4. The van der Waals surface area contributed by atoms with Crippen molar-refractivity contribution in [3.05, 3.63) is 12.7 Å². The molecule has 11 heteroatoms. The van der Waals surface area contributed by atoms with Crippen LogP contribution in [0.2, 0.25) is 0 Å². The normalized spacial score (nSPS) is 13.8. The Kier molecular flexibility index (Phi) is 4.82. The van der Waals surface area contributed by atoms with Crippen molar-refractivity contribution < 1.29 is 14.2 Å². The number of hydrogen-bond acceptors (Lipinski definition) is 8. The van der Waals surface area contributed by atoms with Crippen LogP contribution in [0.5, 0.6) is 0 Å². The highest BCUT2D eigenvalue weighted by Gasteiger charge is 2.22. The number of aromatic nitrogens is 4. The fourth-order valence-corrected chi connectivity index (χ4v) is 1.74. The number of anilines is 1. The van der Waals surface area contributed by atoms with Gasteiger partial charge in [0.2, 0.25) is 4.91 Å². The van der Waals surface area contributed by atoms with Gasteiger partial charge in [-0.25, -0.2) is 19.3 Å². The fraction of sp³-hybridized carbons (Fsp3) is 0.500. The van der Waals surface area contributed by atoms with Gasteiger partial charge in [-0.1, -0.05) is 0 Å². The van der Waals surface area contributed by atoms with Crippen molar-refractivity contribution in [2.75, 3.05) is 25.6 Å². The number of nitrogens with two attached hydrogens (primary N) is 1. The predicted octanol–water partition coefficient (Wildman–Crippen LogP) is -0.196. The lowest BCUT2D eigenvalue weighted by Gasteiger charge is -2.20. The number of imidazole rings is 1. The zero-order valence-corrected chi connectivity index (χ0v) is 10.9. The number of alkyl halides is 1. The van der Waals surface area contributed by atoms with Crippen molar-refractivity contribution in [3.8, 4) is 0 Å². The summed E-state index contributed by atoms with van der Waals surface area (Å²) in [6.07, 6.45) is 0.809. The third-order valence-electron chi connectivity index (χ3n) is 2.73. The van der Waals surface area contributed by atoms with Crippen LogP contribution in [0.3, 0.4) is 0 Å². The van der Waals surface area contributed by atoms with Gasteiger partial charge in [0.1, 0.15) is 35.3 Å². The smallest absolute Gasteiger partial charge is 0.214 e. The second-order valence-corrected chi connectivity index (χ2v) is 4.06. The average molecular weight is 297 g/mol. The van der Waals surface area contributed by atoms with Crippen LogP contribution in [0.1, 0.15) is 6.23 Å². The molecule has 0 aromatic carbocycles. The molecular formula is C10H14FN8O2+. The first-order valence-electron chi connectivity index (χ1n) is 5.99. The topological polar surface area (TPSA) is 149 Å². The number of aliphatic hydroxyl groups is 1. The molecule has 0 aliphatic carbocycles.